The van der Waals surface area contributed by atoms with Gasteiger partial charge in [0.25, 0.3) is 0 Å². The van der Waals surface area contributed by atoms with E-state index in [1.807, 2.05) is 0 Å². The molecule has 0 amide bonds. The summed E-state index contributed by atoms with van der Waals surface area (Å²) in [5.74, 6) is 0.801. The summed E-state index contributed by atoms with van der Waals surface area (Å²) in [7, 11) is 0. The second kappa shape index (κ2) is 6.14. The minimum absolute atomic E-state index is 0.176. The lowest BCUT2D eigenvalue weighted by atomic mass is 9.85. The van der Waals surface area contributed by atoms with Gasteiger partial charge in [0.15, 0.2) is 0 Å². The molecule has 2 fully saturated rings. The van der Waals surface area contributed by atoms with Gasteiger partial charge in [-0.15, -0.1) is 0 Å². The number of aliphatic hydroxyl groups excluding tert-OH is 2. The highest BCUT2D eigenvalue weighted by molar-refractivity contribution is 4.91. The van der Waals surface area contributed by atoms with Crippen molar-refractivity contribution < 1.29 is 10.2 Å². The standard InChI is InChI=1S/C13H26N2O2/c1-10-3-2-4-12(5-10)15-7-11(8-16)14-6-13(15)9-17/h10-14,16-17H,2-9H2,1H3. The summed E-state index contributed by atoms with van der Waals surface area (Å²) in [4.78, 5) is 2.44. The van der Waals surface area contributed by atoms with E-state index in [4.69, 9.17) is 0 Å². The van der Waals surface area contributed by atoms with Gasteiger partial charge in [-0.2, -0.15) is 0 Å². The van der Waals surface area contributed by atoms with Crippen LogP contribution in [0.15, 0.2) is 0 Å². The molecule has 0 aromatic heterocycles. The molecule has 1 heterocycles. The molecule has 0 radical (unpaired) electrons. The van der Waals surface area contributed by atoms with Crippen molar-refractivity contribution in [3.05, 3.63) is 0 Å². The fourth-order valence-electron chi connectivity index (χ4n) is 3.33. The summed E-state index contributed by atoms with van der Waals surface area (Å²) in [6.07, 6.45) is 5.14. The Balaban J connectivity index is 1.98. The quantitative estimate of drug-likeness (QED) is 0.661. The Morgan fingerprint density at radius 2 is 2.06 bits per heavy atom. The molecule has 100 valence electrons. The number of hydrogen-bond donors (Lipinski definition) is 3. The zero-order valence-electron chi connectivity index (χ0n) is 10.8. The SMILES string of the molecule is CC1CCCC(N2CC(CO)NCC2CO)C1. The normalized spacial score (nSPS) is 40.4. The van der Waals surface area contributed by atoms with Crippen molar-refractivity contribution in [3.8, 4) is 0 Å². The third-order valence-corrected chi connectivity index (χ3v) is 4.35. The molecule has 3 N–H and O–H groups in total. The van der Waals surface area contributed by atoms with Crippen LogP contribution >= 0.6 is 0 Å². The average molecular weight is 242 g/mol. The van der Waals surface area contributed by atoms with Crippen LogP contribution in [0.3, 0.4) is 0 Å². The van der Waals surface area contributed by atoms with E-state index >= 15 is 0 Å². The van der Waals surface area contributed by atoms with E-state index < -0.39 is 0 Å². The molecule has 1 saturated carbocycles. The van der Waals surface area contributed by atoms with Gasteiger partial charge in [-0.25, -0.2) is 0 Å². The minimum Gasteiger partial charge on any atom is -0.395 e. The molecule has 0 aromatic rings. The second-order valence-corrected chi connectivity index (χ2v) is 5.75. The minimum atomic E-state index is 0.176. The van der Waals surface area contributed by atoms with Crippen LogP contribution in [0, 0.1) is 5.92 Å². The van der Waals surface area contributed by atoms with E-state index in [1.54, 1.807) is 0 Å². The van der Waals surface area contributed by atoms with Crippen LogP contribution in [0.2, 0.25) is 0 Å². The number of rotatable bonds is 3. The Bertz CT molecular complexity index is 237. The highest BCUT2D eigenvalue weighted by Crippen LogP contribution is 2.29. The third kappa shape index (κ3) is 3.19. The van der Waals surface area contributed by atoms with Crippen molar-refractivity contribution in [2.75, 3.05) is 26.3 Å². The molecule has 1 aliphatic heterocycles. The molecule has 1 saturated heterocycles. The van der Waals surface area contributed by atoms with E-state index in [9.17, 15) is 10.2 Å². The van der Waals surface area contributed by atoms with E-state index in [-0.39, 0.29) is 25.3 Å². The first-order valence-corrected chi connectivity index (χ1v) is 6.95. The number of nitrogens with zero attached hydrogens (tertiary/aromatic N) is 1. The van der Waals surface area contributed by atoms with Crippen LogP contribution in [-0.4, -0.2) is 59.5 Å². The Morgan fingerprint density at radius 1 is 1.24 bits per heavy atom. The third-order valence-electron chi connectivity index (χ3n) is 4.35. The maximum absolute atomic E-state index is 9.47. The Hall–Kier alpha value is -0.160. The van der Waals surface area contributed by atoms with Crippen molar-refractivity contribution in [2.45, 2.75) is 50.7 Å². The largest absolute Gasteiger partial charge is 0.395 e. The lowest BCUT2D eigenvalue weighted by Gasteiger charge is -2.46. The van der Waals surface area contributed by atoms with Crippen molar-refractivity contribution in [3.63, 3.8) is 0 Å². The lowest BCUT2D eigenvalue weighted by molar-refractivity contribution is 0.0138. The molecule has 2 aliphatic rings. The predicted octanol–water partition coefficient (Wildman–Crippen LogP) is 0.192. The summed E-state index contributed by atoms with van der Waals surface area (Å²) >= 11 is 0. The molecule has 4 atom stereocenters. The molecule has 17 heavy (non-hydrogen) atoms. The summed E-state index contributed by atoms with van der Waals surface area (Å²) < 4.78 is 0. The predicted molar refractivity (Wildman–Crippen MR) is 67.9 cm³/mol. The first kappa shape index (κ1) is 13.3. The smallest absolute Gasteiger partial charge is 0.0599 e. The van der Waals surface area contributed by atoms with Gasteiger partial charge in [0.1, 0.15) is 0 Å². The molecule has 0 aromatic carbocycles. The van der Waals surface area contributed by atoms with Crippen LogP contribution in [-0.2, 0) is 0 Å². The molecule has 4 unspecified atom stereocenters. The highest BCUT2D eigenvalue weighted by atomic mass is 16.3. The van der Waals surface area contributed by atoms with Crippen LogP contribution in [0.25, 0.3) is 0 Å². The molecular weight excluding hydrogens is 216 g/mol. The van der Waals surface area contributed by atoms with Crippen molar-refractivity contribution in [1.82, 2.24) is 10.2 Å². The first-order chi connectivity index (χ1) is 8.24. The topological polar surface area (TPSA) is 55.7 Å². The summed E-state index contributed by atoms with van der Waals surface area (Å²) in [5, 5.41) is 22.0. The van der Waals surface area contributed by atoms with Gasteiger partial charge < -0.3 is 15.5 Å². The van der Waals surface area contributed by atoms with Crippen LogP contribution in [0.4, 0.5) is 0 Å². The molecule has 4 nitrogen and oxygen atoms in total. The summed E-state index contributed by atoms with van der Waals surface area (Å²) in [6, 6.07) is 1.01. The zero-order chi connectivity index (χ0) is 12.3. The van der Waals surface area contributed by atoms with E-state index in [2.05, 4.69) is 17.1 Å². The number of piperazine rings is 1. The maximum atomic E-state index is 9.47. The first-order valence-electron chi connectivity index (χ1n) is 6.95. The lowest BCUT2D eigenvalue weighted by Crippen LogP contribution is -2.62. The molecule has 4 heteroatoms. The summed E-state index contributed by atoms with van der Waals surface area (Å²) in [5.41, 5.74) is 0. The Labute approximate surface area is 104 Å². The Kier molecular flexibility index (Phi) is 4.79. The zero-order valence-corrected chi connectivity index (χ0v) is 10.8. The molecule has 0 spiro atoms. The van der Waals surface area contributed by atoms with Crippen LogP contribution < -0.4 is 5.32 Å². The van der Waals surface area contributed by atoms with Gasteiger partial charge in [-0.3, -0.25) is 4.90 Å². The van der Waals surface area contributed by atoms with Crippen LogP contribution in [0.1, 0.15) is 32.6 Å². The van der Waals surface area contributed by atoms with Gasteiger partial charge in [0, 0.05) is 31.2 Å². The fourth-order valence-corrected chi connectivity index (χ4v) is 3.33. The number of hydrogen-bond acceptors (Lipinski definition) is 4. The maximum Gasteiger partial charge on any atom is 0.0599 e. The van der Waals surface area contributed by atoms with Crippen molar-refractivity contribution in [2.24, 2.45) is 5.92 Å². The van der Waals surface area contributed by atoms with Gasteiger partial charge in [-0.1, -0.05) is 19.8 Å². The molecule has 1 aliphatic carbocycles. The van der Waals surface area contributed by atoms with Crippen molar-refractivity contribution in [1.29, 1.82) is 0 Å². The molecule has 0 bridgehead atoms. The summed E-state index contributed by atoms with van der Waals surface area (Å²) in [6.45, 7) is 4.41. The number of aliphatic hydroxyl groups is 2. The highest BCUT2D eigenvalue weighted by Gasteiger charge is 2.33. The van der Waals surface area contributed by atoms with Crippen LogP contribution in [0.5, 0.6) is 0 Å². The monoisotopic (exact) mass is 242 g/mol. The number of nitrogens with one attached hydrogen (secondary N) is 1. The van der Waals surface area contributed by atoms with Gasteiger partial charge >= 0.3 is 0 Å². The van der Waals surface area contributed by atoms with E-state index in [1.165, 1.54) is 25.7 Å². The fraction of sp³-hybridized carbons (Fsp3) is 1.00. The van der Waals surface area contributed by atoms with E-state index in [0.29, 0.717) is 6.04 Å². The molecule has 2 rings (SSSR count). The van der Waals surface area contributed by atoms with E-state index in [0.717, 1.165) is 19.0 Å². The molecular formula is C13H26N2O2. The van der Waals surface area contributed by atoms with Gasteiger partial charge in [0.2, 0.25) is 0 Å². The Morgan fingerprint density at radius 3 is 2.71 bits per heavy atom. The second-order valence-electron chi connectivity index (χ2n) is 5.75. The van der Waals surface area contributed by atoms with Gasteiger partial charge in [-0.05, 0) is 18.8 Å². The van der Waals surface area contributed by atoms with Crippen molar-refractivity contribution >= 4 is 0 Å². The van der Waals surface area contributed by atoms with Gasteiger partial charge in [0.05, 0.1) is 13.2 Å². The average Bonchev–Trinajstić information content (AvgIpc) is 2.38.